The minimum Gasteiger partial charge on any atom is -0.232 e. The minimum absolute atomic E-state index is 0.0735. The summed E-state index contributed by atoms with van der Waals surface area (Å²) >= 11 is 5.44. The van der Waals surface area contributed by atoms with E-state index in [0.717, 1.165) is 0 Å². The molecule has 0 radical (unpaired) electrons. The van der Waals surface area contributed by atoms with E-state index < -0.39 is 9.84 Å². The van der Waals surface area contributed by atoms with Gasteiger partial charge < -0.3 is 0 Å². The van der Waals surface area contributed by atoms with E-state index in [0.29, 0.717) is 11.3 Å². The second kappa shape index (κ2) is 3.10. The third-order valence-corrected chi connectivity index (χ3v) is 3.78. The van der Waals surface area contributed by atoms with Crippen LogP contribution in [0.3, 0.4) is 0 Å². The van der Waals surface area contributed by atoms with E-state index in [4.69, 9.17) is 11.6 Å². The molecule has 5 heteroatoms. The zero-order chi connectivity index (χ0) is 10.3. The maximum absolute atomic E-state index is 11.4. The molecule has 0 unspecified atom stereocenters. The number of halogens is 1. The van der Waals surface area contributed by atoms with Gasteiger partial charge in [0.1, 0.15) is 0 Å². The molecule has 0 aromatic heterocycles. The Morgan fingerprint density at radius 2 is 2.00 bits per heavy atom. The van der Waals surface area contributed by atoms with Crippen LogP contribution in [0.5, 0.6) is 0 Å². The van der Waals surface area contributed by atoms with Gasteiger partial charge in [-0.05, 0) is 23.4 Å². The van der Waals surface area contributed by atoms with Crippen molar-refractivity contribution in [3.8, 4) is 0 Å². The molecule has 3 nitrogen and oxygen atoms in total. The van der Waals surface area contributed by atoms with Crippen molar-refractivity contribution in [1.82, 2.24) is 0 Å². The summed E-state index contributed by atoms with van der Waals surface area (Å²) in [6.07, 6.45) is 1.80. The summed E-state index contributed by atoms with van der Waals surface area (Å²) in [5.41, 5.74) is -0.0735. The molecule has 0 fully saturated rings. The number of aliphatic imine (C=N–C) groups is 1. The number of allylic oxidation sites excluding steroid dienone is 1. The fourth-order valence-electron chi connectivity index (χ4n) is 1.03. The second-order valence-corrected chi connectivity index (χ2v) is 6.72. The molecule has 1 aliphatic heterocycles. The number of sulfone groups is 1. The average Bonchev–Trinajstić information content (AvgIpc) is 2.13. The van der Waals surface area contributed by atoms with E-state index in [2.05, 4.69) is 4.99 Å². The zero-order valence-electron chi connectivity index (χ0n) is 7.83. The highest BCUT2D eigenvalue weighted by atomic mass is 35.5. The highest BCUT2D eigenvalue weighted by Gasteiger charge is 2.30. The van der Waals surface area contributed by atoms with Gasteiger partial charge in [-0.25, -0.2) is 13.4 Å². The van der Waals surface area contributed by atoms with Crippen LogP contribution in [0.25, 0.3) is 0 Å². The lowest BCUT2D eigenvalue weighted by atomic mass is 9.92. The Hall–Kier alpha value is -0.350. The lowest BCUT2D eigenvalue weighted by Crippen LogP contribution is -2.13. The van der Waals surface area contributed by atoms with Crippen molar-refractivity contribution in [2.24, 2.45) is 10.4 Å². The third kappa shape index (κ3) is 2.31. The SMILES string of the molecule is CC(C)(C)CC1=CN=C(Cl)S1(=O)=O. The fraction of sp³-hybridized carbons (Fsp3) is 0.625. The van der Waals surface area contributed by atoms with Crippen molar-refractivity contribution in [2.75, 3.05) is 0 Å². The van der Waals surface area contributed by atoms with Crippen molar-refractivity contribution in [3.63, 3.8) is 0 Å². The van der Waals surface area contributed by atoms with Crippen LogP contribution < -0.4 is 0 Å². The molecule has 0 aromatic carbocycles. The smallest absolute Gasteiger partial charge is 0.232 e. The molecule has 0 atom stereocenters. The van der Waals surface area contributed by atoms with Gasteiger partial charge in [-0.2, -0.15) is 0 Å². The summed E-state index contributed by atoms with van der Waals surface area (Å²) in [4.78, 5) is 3.90. The van der Waals surface area contributed by atoms with E-state index in [1.165, 1.54) is 6.20 Å². The van der Waals surface area contributed by atoms with E-state index in [1.54, 1.807) is 0 Å². The van der Waals surface area contributed by atoms with Gasteiger partial charge in [-0.1, -0.05) is 20.8 Å². The fourth-order valence-corrected chi connectivity index (χ4v) is 2.60. The molecule has 0 saturated heterocycles. The van der Waals surface area contributed by atoms with Crippen LogP contribution in [0.1, 0.15) is 27.2 Å². The molecule has 0 aromatic rings. The van der Waals surface area contributed by atoms with Gasteiger partial charge in [0.15, 0.2) is 0 Å². The monoisotopic (exact) mass is 221 g/mol. The van der Waals surface area contributed by atoms with E-state index in [9.17, 15) is 8.42 Å². The molecule has 0 aliphatic carbocycles. The minimum atomic E-state index is -3.42. The number of hydrogen-bond acceptors (Lipinski definition) is 3. The zero-order valence-corrected chi connectivity index (χ0v) is 9.41. The van der Waals surface area contributed by atoms with Gasteiger partial charge in [0.2, 0.25) is 14.3 Å². The van der Waals surface area contributed by atoms with Crippen LogP contribution in [0.15, 0.2) is 16.1 Å². The molecular weight excluding hydrogens is 210 g/mol. The summed E-state index contributed by atoms with van der Waals surface area (Å²) in [6, 6.07) is 0. The van der Waals surface area contributed by atoms with Crippen molar-refractivity contribution in [2.45, 2.75) is 27.2 Å². The molecule has 0 saturated carbocycles. The highest BCUT2D eigenvalue weighted by molar-refractivity contribution is 8.12. The highest BCUT2D eigenvalue weighted by Crippen LogP contribution is 2.31. The average molecular weight is 222 g/mol. The van der Waals surface area contributed by atoms with E-state index >= 15 is 0 Å². The second-order valence-electron chi connectivity index (χ2n) is 4.22. The molecule has 0 spiro atoms. The van der Waals surface area contributed by atoms with Gasteiger partial charge in [0, 0.05) is 6.20 Å². The van der Waals surface area contributed by atoms with Crippen molar-refractivity contribution < 1.29 is 8.42 Å². The predicted molar refractivity (Wildman–Crippen MR) is 54.4 cm³/mol. The molecule has 0 N–H and O–H groups in total. The van der Waals surface area contributed by atoms with Crippen molar-refractivity contribution in [3.05, 3.63) is 11.1 Å². The van der Waals surface area contributed by atoms with Gasteiger partial charge in [0.05, 0.1) is 4.91 Å². The van der Waals surface area contributed by atoms with Gasteiger partial charge in [-0.15, -0.1) is 0 Å². The number of nitrogens with zero attached hydrogens (tertiary/aromatic N) is 1. The summed E-state index contributed by atoms with van der Waals surface area (Å²) in [5.74, 6) is 0. The van der Waals surface area contributed by atoms with Crippen molar-refractivity contribution >= 4 is 25.9 Å². The lowest BCUT2D eigenvalue weighted by molar-refractivity contribution is 0.415. The van der Waals surface area contributed by atoms with Gasteiger partial charge in [0.25, 0.3) is 0 Å². The largest absolute Gasteiger partial charge is 0.232 e. The number of hydrogen-bond donors (Lipinski definition) is 0. The Kier molecular flexibility index (Phi) is 2.56. The van der Waals surface area contributed by atoms with Gasteiger partial charge >= 0.3 is 0 Å². The first-order valence-corrected chi connectivity index (χ1v) is 5.77. The van der Waals surface area contributed by atoms with Crippen LogP contribution in [-0.2, 0) is 9.84 Å². The molecular formula is C8H12ClNO2S. The first-order valence-electron chi connectivity index (χ1n) is 3.91. The molecule has 74 valence electrons. The van der Waals surface area contributed by atoms with E-state index in [1.807, 2.05) is 20.8 Å². The maximum atomic E-state index is 11.4. The third-order valence-electron chi connectivity index (χ3n) is 1.58. The summed E-state index contributed by atoms with van der Waals surface area (Å²) in [5, 5.41) is 0. The lowest BCUT2D eigenvalue weighted by Gasteiger charge is -2.17. The molecule has 1 aliphatic rings. The Morgan fingerprint density at radius 1 is 1.46 bits per heavy atom. The molecule has 13 heavy (non-hydrogen) atoms. The van der Waals surface area contributed by atoms with Crippen LogP contribution in [0.4, 0.5) is 0 Å². The summed E-state index contributed by atoms with van der Waals surface area (Å²) in [6.45, 7) is 5.90. The summed E-state index contributed by atoms with van der Waals surface area (Å²) < 4.78 is 22.6. The Morgan fingerprint density at radius 3 is 2.31 bits per heavy atom. The van der Waals surface area contributed by atoms with E-state index in [-0.39, 0.29) is 9.92 Å². The molecule has 0 bridgehead atoms. The number of rotatable bonds is 1. The first kappa shape index (κ1) is 10.7. The van der Waals surface area contributed by atoms with Crippen molar-refractivity contribution in [1.29, 1.82) is 0 Å². The first-order chi connectivity index (χ1) is 5.73. The van der Waals surface area contributed by atoms with Gasteiger partial charge in [-0.3, -0.25) is 0 Å². The standard InChI is InChI=1S/C8H12ClNO2S/c1-8(2,3)4-6-5-10-7(9)13(6,11)12/h5H,4H2,1-3H3. The molecule has 0 amide bonds. The van der Waals surface area contributed by atoms with Crippen LogP contribution in [-0.4, -0.2) is 12.9 Å². The topological polar surface area (TPSA) is 46.5 Å². The molecule has 1 heterocycles. The Labute approximate surface area is 83.4 Å². The Balaban J connectivity index is 2.91. The predicted octanol–water partition coefficient (Wildman–Crippen LogP) is 2.29. The van der Waals surface area contributed by atoms with Crippen LogP contribution in [0.2, 0.25) is 0 Å². The normalized spacial score (nSPS) is 21.2. The summed E-state index contributed by atoms with van der Waals surface area (Å²) in [7, 11) is -3.42. The quantitative estimate of drug-likeness (QED) is 0.682. The van der Waals surface area contributed by atoms with Crippen LogP contribution >= 0.6 is 11.6 Å². The molecule has 1 rings (SSSR count). The Bertz CT molecular complexity index is 373. The maximum Gasteiger partial charge on any atom is 0.232 e. The van der Waals surface area contributed by atoms with Crippen LogP contribution in [0, 0.1) is 5.41 Å².